The van der Waals surface area contributed by atoms with Crippen LogP contribution in [0.1, 0.15) is 57.8 Å². The van der Waals surface area contributed by atoms with Gasteiger partial charge in [0.1, 0.15) is 5.60 Å². The molecule has 0 radical (unpaired) electrons. The molecule has 5 heteroatoms. The van der Waals surface area contributed by atoms with E-state index in [9.17, 15) is 5.11 Å². The van der Waals surface area contributed by atoms with Crippen LogP contribution < -0.4 is 0 Å². The van der Waals surface area contributed by atoms with Crippen molar-refractivity contribution in [2.45, 2.75) is 92.3 Å². The fourth-order valence-corrected chi connectivity index (χ4v) is 7.68. The van der Waals surface area contributed by atoms with Crippen molar-refractivity contribution in [1.82, 2.24) is 4.90 Å². The van der Waals surface area contributed by atoms with E-state index in [1.165, 1.54) is 57.1 Å². The van der Waals surface area contributed by atoms with Gasteiger partial charge in [-0.2, -0.15) is 11.8 Å². The van der Waals surface area contributed by atoms with Crippen molar-refractivity contribution in [2.24, 2.45) is 0 Å². The third kappa shape index (κ3) is 2.52. The summed E-state index contributed by atoms with van der Waals surface area (Å²) in [6.45, 7) is 1.24. The van der Waals surface area contributed by atoms with Crippen LogP contribution in [-0.2, 0) is 4.74 Å². The van der Waals surface area contributed by atoms with Gasteiger partial charge in [0, 0.05) is 22.6 Å². The maximum Gasteiger partial charge on any atom is 0.175 e. The average molecular weight is 358 g/mol. The van der Waals surface area contributed by atoms with Crippen LogP contribution in [-0.4, -0.2) is 51.0 Å². The Morgan fingerprint density at radius 1 is 1.17 bits per heavy atom. The zero-order chi connectivity index (χ0) is 14.7. The molecule has 3 nitrogen and oxygen atoms in total. The van der Waals surface area contributed by atoms with Gasteiger partial charge in [-0.1, -0.05) is 19.3 Å². The molecule has 2 aliphatic carbocycles. The first-order valence-electron chi connectivity index (χ1n) is 9.24. The first-order valence-corrected chi connectivity index (χ1v) is 10.2. The zero-order valence-electron chi connectivity index (χ0n) is 13.7. The van der Waals surface area contributed by atoms with Crippen LogP contribution in [0, 0.1) is 0 Å². The molecule has 5 aliphatic rings. The molecule has 2 saturated carbocycles. The van der Waals surface area contributed by atoms with E-state index < -0.39 is 6.29 Å². The van der Waals surface area contributed by atoms with Crippen molar-refractivity contribution < 1.29 is 9.84 Å². The van der Waals surface area contributed by atoms with E-state index in [4.69, 9.17) is 4.74 Å². The molecule has 0 aromatic heterocycles. The highest BCUT2D eigenvalue weighted by atomic mass is 35.5. The van der Waals surface area contributed by atoms with E-state index in [0.717, 1.165) is 23.3 Å². The van der Waals surface area contributed by atoms with Gasteiger partial charge in [-0.3, -0.25) is 4.90 Å². The second-order valence-electron chi connectivity index (χ2n) is 7.90. The number of aliphatic hydroxyl groups excluding tert-OH is 1. The van der Waals surface area contributed by atoms with Crippen molar-refractivity contribution in [1.29, 1.82) is 0 Å². The second kappa shape index (κ2) is 6.21. The molecule has 130 valence electrons. The number of halogens is 1. The Hall–Kier alpha value is 0.260. The predicted molar refractivity (Wildman–Crippen MR) is 96.2 cm³/mol. The first kappa shape index (κ1) is 16.7. The van der Waals surface area contributed by atoms with Crippen LogP contribution in [0.5, 0.6) is 0 Å². The number of piperidine rings is 1. The summed E-state index contributed by atoms with van der Waals surface area (Å²) in [5.41, 5.74) is 1.30. The number of aliphatic hydroxyl groups is 1. The van der Waals surface area contributed by atoms with Gasteiger partial charge >= 0.3 is 0 Å². The Morgan fingerprint density at radius 3 is 2.78 bits per heavy atom. The van der Waals surface area contributed by atoms with Crippen LogP contribution in [0.15, 0.2) is 11.6 Å². The molecule has 0 aromatic carbocycles. The summed E-state index contributed by atoms with van der Waals surface area (Å²) in [6, 6.07) is 1.21. The Balaban J connectivity index is 0.00000135. The largest absolute Gasteiger partial charge is 0.365 e. The second-order valence-corrected chi connectivity index (χ2v) is 9.44. The lowest BCUT2D eigenvalue weighted by Gasteiger charge is -2.39. The van der Waals surface area contributed by atoms with Gasteiger partial charge in [-0.25, -0.2) is 0 Å². The lowest BCUT2D eigenvalue weighted by atomic mass is 9.77. The molecule has 2 bridgehead atoms. The topological polar surface area (TPSA) is 32.7 Å². The molecule has 5 atom stereocenters. The summed E-state index contributed by atoms with van der Waals surface area (Å²) in [7, 11) is 0. The summed E-state index contributed by atoms with van der Waals surface area (Å²) in [6.07, 6.45) is 13.3. The molecular weight excluding hydrogens is 330 g/mol. The highest BCUT2D eigenvalue weighted by Gasteiger charge is 2.63. The number of rotatable bonds is 2. The summed E-state index contributed by atoms with van der Waals surface area (Å²) in [5, 5.41) is 11.7. The summed E-state index contributed by atoms with van der Waals surface area (Å²) in [5.74, 6) is 0. The van der Waals surface area contributed by atoms with Gasteiger partial charge in [0.05, 0.1) is 0 Å². The van der Waals surface area contributed by atoms with E-state index in [-0.39, 0.29) is 18.0 Å². The van der Waals surface area contributed by atoms with Crippen molar-refractivity contribution in [3.63, 3.8) is 0 Å². The number of hydrogen-bond acceptors (Lipinski definition) is 4. The molecule has 2 saturated heterocycles. The highest BCUT2D eigenvalue weighted by molar-refractivity contribution is 8.00. The van der Waals surface area contributed by atoms with Crippen molar-refractivity contribution in [3.05, 3.63) is 11.6 Å². The maximum atomic E-state index is 10.1. The Kier molecular flexibility index (Phi) is 4.51. The minimum atomic E-state index is -0.659. The average Bonchev–Trinajstić information content (AvgIpc) is 3.19. The predicted octanol–water partition coefficient (Wildman–Crippen LogP) is 3.50. The van der Waals surface area contributed by atoms with Gasteiger partial charge in [-0.15, -0.1) is 12.4 Å². The summed E-state index contributed by atoms with van der Waals surface area (Å²) >= 11 is 2.27. The minimum Gasteiger partial charge on any atom is -0.365 e. The Labute approximate surface area is 149 Å². The van der Waals surface area contributed by atoms with Crippen LogP contribution >= 0.6 is 24.2 Å². The summed E-state index contributed by atoms with van der Waals surface area (Å²) < 4.78 is 6.14. The van der Waals surface area contributed by atoms with E-state index in [1.807, 2.05) is 6.08 Å². The fraction of sp³-hybridized carbons (Fsp3) is 0.889. The van der Waals surface area contributed by atoms with Gasteiger partial charge < -0.3 is 9.84 Å². The van der Waals surface area contributed by atoms with Gasteiger partial charge in [-0.05, 0) is 56.7 Å². The molecule has 3 aliphatic heterocycles. The van der Waals surface area contributed by atoms with Crippen LogP contribution in [0.2, 0.25) is 0 Å². The Morgan fingerprint density at radius 2 is 1.96 bits per heavy atom. The fourth-order valence-electron chi connectivity index (χ4n) is 5.87. The molecule has 1 spiro atoms. The van der Waals surface area contributed by atoms with E-state index in [2.05, 4.69) is 16.7 Å². The standard InChI is InChI=1S/C18H27NO2S.ClH/c20-17-10-12-9-15(22-13-5-1-2-6-13)14-11-18(12,21-17)16-7-3-4-8-19(14)16;/h10,13-17,20H,1-9,11H2;1H/t14-,15?,16+,17?,18-;/m0./s1. The van der Waals surface area contributed by atoms with E-state index in [0.29, 0.717) is 12.1 Å². The number of thioether (sulfide) groups is 1. The number of hydrogen-bond donors (Lipinski definition) is 1. The lowest BCUT2D eigenvalue weighted by Crippen LogP contribution is -2.48. The van der Waals surface area contributed by atoms with Gasteiger partial charge in [0.2, 0.25) is 0 Å². The van der Waals surface area contributed by atoms with Crippen molar-refractivity contribution >= 4 is 24.2 Å². The molecule has 3 heterocycles. The molecule has 1 N–H and O–H groups in total. The molecular formula is C18H28ClNO2S. The smallest absolute Gasteiger partial charge is 0.175 e. The SMILES string of the molecule is Cl.OC1C=C2CC(SC3CCCC3)[C@@H]3C[C@@]2(O1)[C@H]1CCCCN31. The quantitative estimate of drug-likeness (QED) is 0.767. The van der Waals surface area contributed by atoms with Crippen molar-refractivity contribution in [2.75, 3.05) is 6.54 Å². The maximum absolute atomic E-state index is 10.1. The molecule has 0 amide bonds. The zero-order valence-corrected chi connectivity index (χ0v) is 15.3. The first-order chi connectivity index (χ1) is 10.8. The molecule has 2 unspecified atom stereocenters. The highest BCUT2D eigenvalue weighted by Crippen LogP contribution is 2.57. The molecule has 5 rings (SSSR count). The minimum absolute atomic E-state index is 0. The monoisotopic (exact) mass is 357 g/mol. The molecule has 4 fully saturated rings. The number of ether oxygens (including phenoxy) is 1. The van der Waals surface area contributed by atoms with Crippen LogP contribution in [0.3, 0.4) is 0 Å². The third-order valence-corrected chi connectivity index (χ3v) is 8.45. The van der Waals surface area contributed by atoms with E-state index >= 15 is 0 Å². The van der Waals surface area contributed by atoms with Crippen LogP contribution in [0.25, 0.3) is 0 Å². The Bertz CT molecular complexity index is 495. The lowest BCUT2D eigenvalue weighted by molar-refractivity contribution is -0.139. The number of nitrogens with zero attached hydrogens (tertiary/aromatic N) is 1. The van der Waals surface area contributed by atoms with Crippen molar-refractivity contribution in [3.8, 4) is 0 Å². The van der Waals surface area contributed by atoms with E-state index in [1.54, 1.807) is 0 Å². The van der Waals surface area contributed by atoms with Crippen LogP contribution in [0.4, 0.5) is 0 Å². The molecule has 23 heavy (non-hydrogen) atoms. The summed E-state index contributed by atoms with van der Waals surface area (Å²) in [4.78, 5) is 2.77. The molecule has 0 aromatic rings. The third-order valence-electron chi connectivity index (χ3n) is 6.76. The normalized spacial score (nSPS) is 46.2. The van der Waals surface area contributed by atoms with Gasteiger partial charge in [0.25, 0.3) is 0 Å². The van der Waals surface area contributed by atoms with Gasteiger partial charge in [0.15, 0.2) is 6.29 Å². The number of fused-ring (bicyclic) bond motifs is 3.